The zero-order valence-corrected chi connectivity index (χ0v) is 23.8. The summed E-state index contributed by atoms with van der Waals surface area (Å²) in [4.78, 5) is 16.4. The Balaban J connectivity index is 1.38. The molecule has 202 valence electrons. The first-order chi connectivity index (χ1) is 17.5. The quantitative estimate of drug-likeness (QED) is 0.424. The van der Waals surface area contributed by atoms with Gasteiger partial charge in [-0.05, 0) is 74.9 Å². The van der Waals surface area contributed by atoms with Crippen LogP contribution in [0.25, 0.3) is 0 Å². The highest BCUT2D eigenvalue weighted by atomic mass is 35.5. The monoisotopic (exact) mass is 567 g/mol. The van der Waals surface area contributed by atoms with E-state index in [0.717, 1.165) is 24.0 Å². The average molecular weight is 569 g/mol. The van der Waals surface area contributed by atoms with E-state index < -0.39 is 16.9 Å². The molecule has 2 aliphatic rings. The maximum absolute atomic E-state index is 12.4. The standard InChI is InChI=1S/C27H35Cl2N3O4S/c1-27(2,3)36-26(33)30-14-12-19(13-15-30)16-32(37(34)35)24-17-31(18-24)25(20-4-8-22(28)9-5-20)21-6-10-23(29)11-7-21/h4-11,19,24-25H,12-18H2,1-3H3,(H,34,35). The van der Waals surface area contributed by atoms with Crippen molar-refractivity contribution < 1.29 is 18.3 Å². The molecule has 0 saturated carbocycles. The lowest BCUT2D eigenvalue weighted by Gasteiger charge is -2.48. The van der Waals surface area contributed by atoms with Crippen molar-refractivity contribution >= 4 is 40.6 Å². The van der Waals surface area contributed by atoms with Gasteiger partial charge in [-0.25, -0.2) is 9.00 Å². The smallest absolute Gasteiger partial charge is 0.410 e. The van der Waals surface area contributed by atoms with Crippen molar-refractivity contribution in [3.63, 3.8) is 0 Å². The highest BCUT2D eigenvalue weighted by molar-refractivity contribution is 7.76. The lowest BCUT2D eigenvalue weighted by molar-refractivity contribution is 0.0141. The minimum absolute atomic E-state index is 0.00294. The van der Waals surface area contributed by atoms with Gasteiger partial charge in [0.25, 0.3) is 0 Å². The van der Waals surface area contributed by atoms with Crippen LogP contribution in [-0.4, -0.2) is 73.3 Å². The van der Waals surface area contributed by atoms with Gasteiger partial charge in [-0.2, -0.15) is 4.31 Å². The van der Waals surface area contributed by atoms with Gasteiger partial charge in [0, 0.05) is 42.8 Å². The summed E-state index contributed by atoms with van der Waals surface area (Å²) in [6, 6.07) is 15.6. The van der Waals surface area contributed by atoms with Gasteiger partial charge < -0.3 is 9.64 Å². The van der Waals surface area contributed by atoms with E-state index in [4.69, 9.17) is 27.9 Å². The van der Waals surface area contributed by atoms with Crippen LogP contribution < -0.4 is 0 Å². The van der Waals surface area contributed by atoms with E-state index in [0.29, 0.717) is 42.8 Å². The third kappa shape index (κ3) is 7.46. The molecule has 0 spiro atoms. The SMILES string of the molecule is CC(C)(C)OC(=O)N1CCC(CN(C2CN(C(c3ccc(Cl)cc3)c3ccc(Cl)cc3)C2)S(=O)O)CC1. The van der Waals surface area contributed by atoms with Crippen LogP contribution in [0.2, 0.25) is 10.0 Å². The Bertz CT molecular complexity index is 1030. The maximum Gasteiger partial charge on any atom is 0.410 e. The van der Waals surface area contributed by atoms with Gasteiger partial charge in [-0.1, -0.05) is 47.5 Å². The average Bonchev–Trinajstić information content (AvgIpc) is 2.81. The number of hydrogen-bond acceptors (Lipinski definition) is 4. The summed E-state index contributed by atoms with van der Waals surface area (Å²) in [6.07, 6.45) is 1.27. The third-order valence-corrected chi connectivity index (χ3v) is 8.29. The van der Waals surface area contributed by atoms with Crippen LogP contribution in [0.15, 0.2) is 48.5 Å². The van der Waals surface area contributed by atoms with Crippen LogP contribution in [0.4, 0.5) is 4.79 Å². The van der Waals surface area contributed by atoms with Crippen LogP contribution in [0.1, 0.15) is 50.8 Å². The highest BCUT2D eigenvalue weighted by Crippen LogP contribution is 2.35. The molecule has 1 unspecified atom stereocenters. The topological polar surface area (TPSA) is 73.3 Å². The summed E-state index contributed by atoms with van der Waals surface area (Å²) in [6.45, 7) is 8.62. The fraction of sp³-hybridized carbons (Fsp3) is 0.519. The van der Waals surface area contributed by atoms with Gasteiger partial charge in [0.15, 0.2) is 0 Å². The first-order valence-electron chi connectivity index (χ1n) is 12.6. The van der Waals surface area contributed by atoms with Gasteiger partial charge in [-0.15, -0.1) is 0 Å². The third-order valence-electron chi connectivity index (χ3n) is 6.94. The molecule has 0 aromatic heterocycles. The van der Waals surface area contributed by atoms with Gasteiger partial charge in [0.2, 0.25) is 11.3 Å². The van der Waals surface area contributed by atoms with Gasteiger partial charge in [0.1, 0.15) is 5.60 Å². The number of amides is 1. The van der Waals surface area contributed by atoms with E-state index in [1.165, 1.54) is 0 Å². The molecule has 2 aromatic carbocycles. The largest absolute Gasteiger partial charge is 0.444 e. The summed E-state index contributed by atoms with van der Waals surface area (Å²) in [7, 11) is 0. The van der Waals surface area contributed by atoms with Crippen LogP contribution >= 0.6 is 23.2 Å². The summed E-state index contributed by atoms with van der Waals surface area (Å²) in [5.41, 5.74) is 1.69. The van der Waals surface area contributed by atoms with Crippen LogP contribution in [0.5, 0.6) is 0 Å². The number of carbonyl (C=O) groups excluding carboxylic acids is 1. The van der Waals surface area contributed by atoms with Crippen LogP contribution in [0.3, 0.4) is 0 Å². The molecule has 0 radical (unpaired) electrons. The number of ether oxygens (including phenoxy) is 1. The molecule has 2 aromatic rings. The van der Waals surface area contributed by atoms with E-state index in [1.54, 1.807) is 9.21 Å². The molecular formula is C27H35Cl2N3O4S. The molecule has 7 nitrogen and oxygen atoms in total. The molecule has 1 amide bonds. The second-order valence-electron chi connectivity index (χ2n) is 10.9. The Morgan fingerprint density at radius 3 is 1.95 bits per heavy atom. The summed E-state index contributed by atoms with van der Waals surface area (Å²) >= 11 is 10.2. The Hall–Kier alpha value is -1.68. The minimum atomic E-state index is -2.07. The van der Waals surface area contributed by atoms with Crippen molar-refractivity contribution in [3.05, 3.63) is 69.7 Å². The fourth-order valence-corrected chi connectivity index (χ4v) is 5.98. The Kier molecular flexibility index (Phi) is 9.20. The zero-order chi connectivity index (χ0) is 26.7. The fourth-order valence-electron chi connectivity index (χ4n) is 5.00. The van der Waals surface area contributed by atoms with Gasteiger partial charge in [0.05, 0.1) is 12.1 Å². The predicted molar refractivity (Wildman–Crippen MR) is 148 cm³/mol. The van der Waals surface area contributed by atoms with E-state index in [-0.39, 0.29) is 24.1 Å². The van der Waals surface area contributed by atoms with Crippen molar-refractivity contribution in [2.45, 2.75) is 51.3 Å². The number of halogens is 2. The number of piperidine rings is 1. The van der Waals surface area contributed by atoms with Crippen LogP contribution in [-0.2, 0) is 16.0 Å². The molecule has 1 N–H and O–H groups in total. The second-order valence-corrected chi connectivity index (χ2v) is 12.7. The molecule has 1 atom stereocenters. The number of likely N-dealkylation sites (tertiary alicyclic amines) is 2. The molecule has 10 heteroatoms. The minimum Gasteiger partial charge on any atom is -0.444 e. The Labute approximate surface area is 232 Å². The summed E-state index contributed by atoms with van der Waals surface area (Å²) in [5.74, 6) is 0.243. The van der Waals surface area contributed by atoms with Crippen LogP contribution in [0, 0.1) is 5.92 Å². The van der Waals surface area contributed by atoms with Crippen molar-refractivity contribution in [3.8, 4) is 0 Å². The molecule has 37 heavy (non-hydrogen) atoms. The number of hydrogen-bond donors (Lipinski definition) is 1. The Morgan fingerprint density at radius 2 is 1.51 bits per heavy atom. The lowest BCUT2D eigenvalue weighted by atomic mass is 9.92. The number of rotatable bonds is 7. The van der Waals surface area contributed by atoms with Crippen molar-refractivity contribution in [2.75, 3.05) is 32.7 Å². The first-order valence-corrected chi connectivity index (χ1v) is 14.4. The highest BCUT2D eigenvalue weighted by Gasteiger charge is 2.40. The molecule has 2 fully saturated rings. The summed E-state index contributed by atoms with van der Waals surface area (Å²) < 4.78 is 29.6. The van der Waals surface area contributed by atoms with Crippen molar-refractivity contribution in [2.24, 2.45) is 5.92 Å². The van der Waals surface area contributed by atoms with E-state index >= 15 is 0 Å². The van der Waals surface area contributed by atoms with Gasteiger partial charge >= 0.3 is 6.09 Å². The molecular weight excluding hydrogens is 533 g/mol. The van der Waals surface area contributed by atoms with E-state index in [2.05, 4.69) is 4.90 Å². The molecule has 2 aliphatic heterocycles. The van der Waals surface area contributed by atoms with Crippen molar-refractivity contribution in [1.82, 2.24) is 14.1 Å². The molecule has 2 saturated heterocycles. The zero-order valence-electron chi connectivity index (χ0n) is 21.5. The molecule has 4 rings (SSSR count). The van der Waals surface area contributed by atoms with Crippen molar-refractivity contribution in [1.29, 1.82) is 0 Å². The number of carbonyl (C=O) groups is 1. The second kappa shape index (κ2) is 12.0. The Morgan fingerprint density at radius 1 is 1.03 bits per heavy atom. The number of benzene rings is 2. The molecule has 2 heterocycles. The molecule has 0 aliphatic carbocycles. The number of nitrogens with zero attached hydrogens (tertiary/aromatic N) is 3. The lowest BCUT2D eigenvalue weighted by Crippen LogP contribution is -2.61. The molecule has 0 bridgehead atoms. The summed E-state index contributed by atoms with van der Waals surface area (Å²) in [5, 5.41) is 1.36. The first kappa shape index (κ1) is 28.3. The van der Waals surface area contributed by atoms with Gasteiger partial charge in [-0.3, -0.25) is 9.45 Å². The van der Waals surface area contributed by atoms with E-state index in [9.17, 15) is 13.6 Å². The normalized spacial score (nSPS) is 18.8. The van der Waals surface area contributed by atoms with E-state index in [1.807, 2.05) is 69.3 Å². The maximum atomic E-state index is 12.4. The predicted octanol–water partition coefficient (Wildman–Crippen LogP) is 5.85.